The molecule has 0 spiro atoms. The molecule has 0 saturated carbocycles. The third-order valence-corrected chi connectivity index (χ3v) is 21.5. The summed E-state index contributed by atoms with van der Waals surface area (Å²) in [6.45, 7) is 0. The molecule has 0 N–H and O–H groups in total. The van der Waals surface area contributed by atoms with Crippen LogP contribution in [-0.2, 0) is 0 Å². The summed E-state index contributed by atoms with van der Waals surface area (Å²) in [5.41, 5.74) is 6.45. The summed E-state index contributed by atoms with van der Waals surface area (Å²) in [5.74, 6) is 0. The van der Waals surface area contributed by atoms with Crippen molar-refractivity contribution in [3.05, 3.63) is 147 Å². The van der Waals surface area contributed by atoms with E-state index in [-0.39, 0.29) is 0 Å². The van der Waals surface area contributed by atoms with Crippen LogP contribution in [0, 0.1) is 0 Å². The minimum absolute atomic E-state index is 1.07. The zero-order valence-electron chi connectivity index (χ0n) is 36.9. The van der Waals surface area contributed by atoms with Crippen LogP contribution in [0.1, 0.15) is 0 Å². The van der Waals surface area contributed by atoms with Crippen LogP contribution in [0.15, 0.2) is 161 Å². The summed E-state index contributed by atoms with van der Waals surface area (Å²) in [4.78, 5) is 12.7. The number of rotatable bonds is 12. The lowest BCUT2D eigenvalue weighted by atomic mass is 10.4. The molecule has 15 nitrogen and oxygen atoms in total. The van der Waals surface area contributed by atoms with Crippen LogP contribution < -0.4 is 55.4 Å². The minimum atomic E-state index is -3.30. The molecule has 18 heteroatoms. The molecule has 0 unspecified atom stereocenters. The first-order valence-corrected chi connectivity index (χ1v) is 24.5. The number of nitrogens with zero attached hydrogens (tertiary/aromatic N) is 15. The maximum absolute atomic E-state index is 6.23. The van der Waals surface area contributed by atoms with Gasteiger partial charge in [0.1, 0.15) is 0 Å². The van der Waals surface area contributed by atoms with Gasteiger partial charge in [0, 0.05) is 205 Å². The van der Waals surface area contributed by atoms with Crippen molar-refractivity contribution < 1.29 is 26.0 Å². The normalized spacial score (nSPS) is 14.8. The average Bonchev–Trinajstić information content (AvgIpc) is 3.26. The van der Waals surface area contributed by atoms with Crippen molar-refractivity contribution >= 4 is 56.6 Å². The van der Waals surface area contributed by atoms with Gasteiger partial charge in [0.05, 0.1) is 0 Å². The Morgan fingerprint density at radius 2 is 0.367 bits per heavy atom. The van der Waals surface area contributed by atoms with Crippen molar-refractivity contribution in [2.75, 3.05) is 114 Å². The number of pyridine rings is 6. The predicted molar refractivity (Wildman–Crippen MR) is 246 cm³/mol. The standard InChI is InChI=1S/C42H60N15P3/c1-46(2)37-13-25-52(26-14-37)58(53-27-15-38(16-28-53)47(3)4)43-59(54-29-17-39(18-30-54)48(5)6,55-31-19-40(20-32-55)49(7)8)45-60(44-58,56-33-21-41(22-34-56)50(9)10)57-35-23-42(24-36-57)51(11)12/h13-36H,1-12H3/q+6. The van der Waals surface area contributed by atoms with Crippen molar-refractivity contribution in [2.45, 2.75) is 0 Å². The summed E-state index contributed by atoms with van der Waals surface area (Å²) < 4.78 is 32.1. The van der Waals surface area contributed by atoms with E-state index in [1.54, 1.807) is 0 Å². The largest absolute Gasteiger partial charge is 0.622 e. The number of hydrogen-bond donors (Lipinski definition) is 0. The fourth-order valence-corrected chi connectivity index (χ4v) is 20.1. The summed E-state index contributed by atoms with van der Waals surface area (Å²) in [5, 5.41) is 0. The Bertz CT molecular complexity index is 2130. The van der Waals surface area contributed by atoms with Crippen LogP contribution in [0.4, 0.5) is 34.1 Å². The third kappa shape index (κ3) is 7.89. The van der Waals surface area contributed by atoms with Crippen molar-refractivity contribution in [2.24, 2.45) is 13.5 Å². The highest BCUT2D eigenvalue weighted by Crippen LogP contribution is 2.68. The Labute approximate surface area is 356 Å². The molecule has 0 radical (unpaired) electrons. The lowest BCUT2D eigenvalue weighted by Crippen LogP contribution is -2.54. The quantitative estimate of drug-likeness (QED) is 0.157. The topological polar surface area (TPSA) is 79.8 Å². The molecular formula is C42H60N15P3+6. The molecule has 1 aliphatic rings. The molecule has 0 aromatic carbocycles. The van der Waals surface area contributed by atoms with Crippen molar-refractivity contribution in [1.82, 2.24) is 0 Å². The van der Waals surface area contributed by atoms with E-state index in [9.17, 15) is 0 Å². The molecule has 0 saturated heterocycles. The van der Waals surface area contributed by atoms with Gasteiger partial charge < -0.3 is 29.4 Å². The van der Waals surface area contributed by atoms with Crippen LogP contribution in [0.25, 0.3) is 0 Å². The lowest BCUT2D eigenvalue weighted by molar-refractivity contribution is -0.649. The van der Waals surface area contributed by atoms with E-state index in [1.807, 2.05) is 0 Å². The second kappa shape index (κ2) is 16.8. The van der Waals surface area contributed by atoms with Crippen molar-refractivity contribution in [3.63, 3.8) is 0 Å². The Hall–Kier alpha value is -5.61. The van der Waals surface area contributed by atoms with E-state index in [0.717, 1.165) is 34.1 Å². The van der Waals surface area contributed by atoms with Gasteiger partial charge in [-0.1, -0.05) is 0 Å². The van der Waals surface area contributed by atoms with Gasteiger partial charge in [-0.05, 0) is 0 Å². The molecule has 7 rings (SSSR count). The highest BCUT2D eigenvalue weighted by atomic mass is 31.3. The zero-order chi connectivity index (χ0) is 43.0. The second-order valence-electron chi connectivity index (χ2n) is 15.9. The fraction of sp³-hybridized carbons (Fsp3) is 0.286. The molecule has 1 aliphatic heterocycles. The maximum atomic E-state index is 6.23. The van der Waals surface area contributed by atoms with Gasteiger partial charge in [0.25, 0.3) is 0 Å². The number of aromatic nitrogens is 6. The van der Waals surface area contributed by atoms with Crippen LogP contribution in [0.2, 0.25) is 0 Å². The second-order valence-corrected chi connectivity index (χ2v) is 24.0. The maximum Gasteiger partial charge on any atom is 0.622 e. The van der Waals surface area contributed by atoms with Gasteiger partial charge in [0.15, 0.2) is 74.4 Å². The molecule has 0 bridgehead atoms. The highest BCUT2D eigenvalue weighted by Gasteiger charge is 2.68. The summed E-state index contributed by atoms with van der Waals surface area (Å²) in [7, 11) is 14.8. The van der Waals surface area contributed by atoms with Gasteiger partial charge in [-0.3, -0.25) is 0 Å². The molecule has 0 amide bonds. The molecule has 0 aliphatic carbocycles. The predicted octanol–water partition coefficient (Wildman–Crippen LogP) is 5.25. The van der Waals surface area contributed by atoms with E-state index in [0.29, 0.717) is 0 Å². The molecule has 60 heavy (non-hydrogen) atoms. The van der Waals surface area contributed by atoms with E-state index in [4.69, 9.17) is 13.5 Å². The smallest absolute Gasteiger partial charge is 0.377 e. The molecule has 7 heterocycles. The monoisotopic (exact) mass is 867 g/mol. The van der Waals surface area contributed by atoms with Crippen molar-refractivity contribution in [3.8, 4) is 0 Å². The van der Waals surface area contributed by atoms with Gasteiger partial charge in [-0.2, -0.15) is 0 Å². The van der Waals surface area contributed by atoms with Gasteiger partial charge >= 0.3 is 22.5 Å². The van der Waals surface area contributed by atoms with Crippen LogP contribution in [0.5, 0.6) is 0 Å². The summed E-state index contributed by atoms with van der Waals surface area (Å²) in [6.07, 6.45) is 25.6. The summed E-state index contributed by atoms with van der Waals surface area (Å²) in [6, 6.07) is 25.7. The number of hydrogen-bond acceptors (Lipinski definition) is 9. The molecule has 0 atom stereocenters. The molecule has 6 aromatic heterocycles. The van der Waals surface area contributed by atoms with Gasteiger partial charge in [-0.25, -0.2) is 0 Å². The number of anilines is 6. The Balaban J connectivity index is 1.77. The van der Waals surface area contributed by atoms with Crippen LogP contribution in [0.3, 0.4) is 0 Å². The van der Waals surface area contributed by atoms with E-state index in [1.165, 1.54) is 0 Å². The molecule has 312 valence electrons. The first kappa shape index (κ1) is 42.5. The highest BCUT2D eigenvalue weighted by molar-refractivity contribution is 7.74. The fourth-order valence-electron chi connectivity index (χ4n) is 6.78. The van der Waals surface area contributed by atoms with Gasteiger partial charge in [-0.15, -0.1) is 26.0 Å². The molecular weight excluding hydrogens is 807 g/mol. The first-order valence-electron chi connectivity index (χ1n) is 19.7. The average molecular weight is 868 g/mol. The Morgan fingerprint density at radius 1 is 0.250 bits per heavy atom. The third-order valence-electron chi connectivity index (χ3n) is 10.5. The van der Waals surface area contributed by atoms with Crippen LogP contribution in [-0.4, -0.2) is 84.6 Å². The molecule has 6 aromatic rings. The Morgan fingerprint density at radius 3 is 0.467 bits per heavy atom. The lowest BCUT2D eigenvalue weighted by Gasteiger charge is -2.20. The van der Waals surface area contributed by atoms with Gasteiger partial charge in [0.2, 0.25) is 0 Å². The van der Waals surface area contributed by atoms with Crippen LogP contribution >= 0.6 is 22.5 Å². The first-order chi connectivity index (χ1) is 28.6. The van der Waals surface area contributed by atoms with Crippen molar-refractivity contribution in [1.29, 1.82) is 0 Å². The minimum Gasteiger partial charge on any atom is -0.377 e. The zero-order valence-corrected chi connectivity index (χ0v) is 39.6. The van der Waals surface area contributed by atoms with E-state index < -0.39 is 22.5 Å². The molecule has 0 fully saturated rings. The van der Waals surface area contributed by atoms with E-state index >= 15 is 0 Å². The van der Waals surface area contributed by atoms with E-state index in [2.05, 4.69) is 287 Å². The summed E-state index contributed by atoms with van der Waals surface area (Å²) >= 11 is 0. The SMILES string of the molecule is CN(C)c1cc[n+](P2([n+]3ccc(N(C)C)cc3)=NP([n+]3ccc(N(C)C)cc3)([n+]3ccc(N(C)C)cc3)=NP([n+]3ccc(N(C)C)cc3)([n+]3ccc(N(C)C)cc3)=N2)cc1. The Kier molecular flexibility index (Phi) is 11.9.